The zero-order chi connectivity index (χ0) is 18.0. The number of aromatic nitrogens is 1. The average molecular weight is 358 g/mol. The Morgan fingerprint density at radius 2 is 1.72 bits per heavy atom. The molecule has 0 saturated heterocycles. The lowest BCUT2D eigenvalue weighted by atomic mass is 10.2. The van der Waals surface area contributed by atoms with Crippen molar-refractivity contribution < 1.29 is 9.90 Å². The summed E-state index contributed by atoms with van der Waals surface area (Å²) in [7, 11) is 0. The van der Waals surface area contributed by atoms with Crippen molar-refractivity contribution in [3.63, 3.8) is 0 Å². The number of carbonyl (C=O) groups is 1. The summed E-state index contributed by atoms with van der Waals surface area (Å²) in [4.78, 5) is 36.4. The number of rotatable bonds is 2. The van der Waals surface area contributed by atoms with E-state index < -0.39 is 17.0 Å². The number of aromatic hydroxyl groups is 1. The molecule has 3 N–H and O–H groups in total. The number of amides is 2. The molecule has 7 nitrogen and oxygen atoms in total. The lowest BCUT2D eigenvalue weighted by Gasteiger charge is -2.11. The van der Waals surface area contributed by atoms with Crippen LogP contribution in [0.5, 0.6) is 5.75 Å². The molecule has 25 heavy (non-hydrogen) atoms. The Morgan fingerprint density at radius 3 is 2.48 bits per heavy atom. The molecule has 0 fully saturated rings. The molecule has 2 aromatic carbocycles. The quantitative estimate of drug-likeness (QED) is 0.613. The van der Waals surface area contributed by atoms with Crippen molar-refractivity contribution in [3.05, 3.63) is 80.2 Å². The third-order valence-corrected chi connectivity index (χ3v) is 3.77. The van der Waals surface area contributed by atoms with Crippen LogP contribution in [-0.2, 0) is 0 Å². The summed E-state index contributed by atoms with van der Waals surface area (Å²) >= 11 is 5.97. The van der Waals surface area contributed by atoms with Gasteiger partial charge in [-0.2, -0.15) is 0 Å². The Hall–Kier alpha value is -3.32. The molecule has 3 rings (SSSR count). The predicted octanol–water partition coefficient (Wildman–Crippen LogP) is 2.50. The zero-order valence-corrected chi connectivity index (χ0v) is 13.4. The number of nitrogens with one attached hydrogen (secondary N) is 2. The van der Waals surface area contributed by atoms with E-state index in [4.69, 9.17) is 11.6 Å². The van der Waals surface area contributed by atoms with Gasteiger partial charge in [0.25, 0.3) is 0 Å². The van der Waals surface area contributed by atoms with Gasteiger partial charge in [-0.15, -0.1) is 0 Å². The fourth-order valence-electron chi connectivity index (χ4n) is 2.29. The normalized spacial score (nSPS) is 10.4. The van der Waals surface area contributed by atoms with Gasteiger partial charge in [0.15, 0.2) is 0 Å². The van der Waals surface area contributed by atoms with Gasteiger partial charge in [-0.1, -0.05) is 35.9 Å². The van der Waals surface area contributed by atoms with E-state index in [-0.39, 0.29) is 16.7 Å². The summed E-state index contributed by atoms with van der Waals surface area (Å²) in [5.74, 6) is -0.357. The number of fused-ring (bicyclic) bond motifs is 1. The Labute approximate surface area is 146 Å². The second-order valence-corrected chi connectivity index (χ2v) is 5.50. The minimum Gasteiger partial charge on any atom is -0.507 e. The molecule has 0 aliphatic rings. The zero-order valence-electron chi connectivity index (χ0n) is 12.7. The Kier molecular flexibility index (Phi) is 4.40. The van der Waals surface area contributed by atoms with Crippen LogP contribution in [0.15, 0.2) is 64.2 Å². The Balaban J connectivity index is 2.07. The largest absolute Gasteiger partial charge is 0.507 e. The molecule has 0 spiro atoms. The van der Waals surface area contributed by atoms with Crippen LogP contribution in [0.25, 0.3) is 10.9 Å². The van der Waals surface area contributed by atoms with Crippen LogP contribution in [0.4, 0.5) is 10.5 Å². The predicted molar refractivity (Wildman–Crippen MR) is 96.0 cm³/mol. The first-order chi connectivity index (χ1) is 12.0. The minimum absolute atomic E-state index is 0.168. The van der Waals surface area contributed by atoms with E-state index in [2.05, 4.69) is 10.7 Å². The maximum atomic E-state index is 12.3. The van der Waals surface area contributed by atoms with Gasteiger partial charge in [-0.05, 0) is 24.3 Å². The number of hydrogen-bond acceptors (Lipinski definition) is 4. The molecule has 1 aromatic heterocycles. The molecule has 0 aliphatic heterocycles. The molecule has 0 radical (unpaired) electrons. The van der Waals surface area contributed by atoms with Crippen molar-refractivity contribution in [2.75, 3.05) is 10.7 Å². The summed E-state index contributed by atoms with van der Waals surface area (Å²) in [6, 6.07) is 12.8. The van der Waals surface area contributed by atoms with Gasteiger partial charge in [-0.3, -0.25) is 9.59 Å². The highest BCUT2D eigenvalue weighted by Gasteiger charge is 2.12. The van der Waals surface area contributed by atoms with Crippen molar-refractivity contribution in [1.82, 2.24) is 4.68 Å². The van der Waals surface area contributed by atoms with Crippen molar-refractivity contribution in [2.45, 2.75) is 0 Å². The fraction of sp³-hybridized carbons (Fsp3) is 0. The Morgan fingerprint density at radius 1 is 1.04 bits per heavy atom. The van der Waals surface area contributed by atoms with Gasteiger partial charge in [0.2, 0.25) is 5.43 Å². The summed E-state index contributed by atoms with van der Waals surface area (Å²) in [5, 5.41) is 13.0. The molecule has 0 bridgehead atoms. The van der Waals surface area contributed by atoms with Crippen molar-refractivity contribution in [2.24, 2.45) is 0 Å². The molecule has 1 heterocycles. The van der Waals surface area contributed by atoms with Crippen LogP contribution >= 0.6 is 11.6 Å². The van der Waals surface area contributed by atoms with Crippen LogP contribution in [0.2, 0.25) is 5.02 Å². The number of hydrogen-bond donors (Lipinski definition) is 3. The second-order valence-electron chi connectivity index (χ2n) is 5.10. The molecule has 8 heteroatoms. The molecule has 0 aliphatic carbocycles. The Bertz CT molecular complexity index is 1090. The average Bonchev–Trinajstić information content (AvgIpc) is 2.68. The van der Waals surface area contributed by atoms with Crippen molar-refractivity contribution >= 4 is 34.2 Å². The first-order valence-corrected chi connectivity index (χ1v) is 7.56. The number of urea groups is 1. The number of carbonyl (C=O) groups excluding carboxylic acids is 1. The van der Waals surface area contributed by atoms with Crippen LogP contribution in [0.1, 0.15) is 0 Å². The van der Waals surface area contributed by atoms with E-state index in [1.807, 2.05) is 0 Å². The lowest BCUT2D eigenvalue weighted by molar-refractivity contribution is 0.260. The number of para-hydroxylation sites is 2. The summed E-state index contributed by atoms with van der Waals surface area (Å²) in [5.41, 5.74) is 0.832. The first kappa shape index (κ1) is 16.5. The van der Waals surface area contributed by atoms with Crippen molar-refractivity contribution in [3.8, 4) is 5.75 Å². The van der Waals surface area contributed by atoms with E-state index in [0.717, 1.165) is 10.7 Å². The van der Waals surface area contributed by atoms with E-state index >= 15 is 0 Å². The second kappa shape index (κ2) is 6.66. The molecular weight excluding hydrogens is 346 g/mol. The van der Waals surface area contributed by atoms with Gasteiger partial charge in [0.05, 0.1) is 16.2 Å². The number of benzene rings is 2. The van der Waals surface area contributed by atoms with E-state index in [0.29, 0.717) is 10.7 Å². The maximum Gasteiger partial charge on any atom is 0.338 e. The van der Waals surface area contributed by atoms with Gasteiger partial charge in [-0.25, -0.2) is 14.9 Å². The fourth-order valence-corrected chi connectivity index (χ4v) is 2.48. The highest BCUT2D eigenvalue weighted by atomic mass is 35.5. The lowest BCUT2D eigenvalue weighted by Crippen LogP contribution is -2.40. The van der Waals surface area contributed by atoms with Gasteiger partial charge in [0, 0.05) is 11.5 Å². The van der Waals surface area contributed by atoms with Crippen molar-refractivity contribution in [1.29, 1.82) is 0 Å². The van der Waals surface area contributed by atoms with Gasteiger partial charge < -0.3 is 10.4 Å². The highest BCUT2D eigenvalue weighted by molar-refractivity contribution is 6.33. The molecule has 126 valence electrons. The third-order valence-electron chi connectivity index (χ3n) is 3.44. The number of nitrogens with zero attached hydrogens (tertiary/aromatic N) is 1. The number of anilines is 1. The summed E-state index contributed by atoms with van der Waals surface area (Å²) in [6.45, 7) is 0. The molecule has 3 aromatic rings. The monoisotopic (exact) mass is 357 g/mol. The summed E-state index contributed by atoms with van der Waals surface area (Å²) < 4.78 is 0.781. The van der Waals surface area contributed by atoms with Gasteiger partial charge >= 0.3 is 11.6 Å². The minimum atomic E-state index is -1.01. The molecule has 0 unspecified atom stereocenters. The van der Waals surface area contributed by atoms with Crippen LogP contribution in [0.3, 0.4) is 0 Å². The molecule has 0 saturated carbocycles. The third kappa shape index (κ3) is 3.31. The number of halogens is 1. The maximum absolute atomic E-state index is 12.3. The molecule has 0 atom stereocenters. The van der Waals surface area contributed by atoms with Gasteiger partial charge in [0.1, 0.15) is 5.75 Å². The van der Waals surface area contributed by atoms with E-state index in [1.165, 1.54) is 12.1 Å². The van der Waals surface area contributed by atoms with Crippen LogP contribution in [0, 0.1) is 0 Å². The highest BCUT2D eigenvalue weighted by Crippen LogP contribution is 2.21. The standard InChI is InChI=1S/C17H12ClN3O4/c18-11-6-2-3-7-12(11)19-17(25)20-21-13-8-4-1-5-10(13)14(22)9-15(23)16(21)24/h1-9,22H,(H2,19,20,25). The van der Waals surface area contributed by atoms with Crippen LogP contribution in [-0.4, -0.2) is 15.8 Å². The topological polar surface area (TPSA) is 100 Å². The molecular formula is C17H12ClN3O4. The summed E-state index contributed by atoms with van der Waals surface area (Å²) in [6.07, 6.45) is 0. The molecule has 2 amide bonds. The van der Waals surface area contributed by atoms with Crippen LogP contribution < -0.4 is 21.7 Å². The smallest absolute Gasteiger partial charge is 0.338 e. The first-order valence-electron chi connectivity index (χ1n) is 7.18. The SMILES string of the molecule is O=C(Nc1ccccc1Cl)Nn1c(=O)c(=O)cc(O)c2ccccc21. The van der Waals surface area contributed by atoms with E-state index in [9.17, 15) is 19.5 Å². The van der Waals surface area contributed by atoms with E-state index in [1.54, 1.807) is 36.4 Å².